The summed E-state index contributed by atoms with van der Waals surface area (Å²) < 4.78 is 1.49. The predicted molar refractivity (Wildman–Crippen MR) is 48.3 cm³/mol. The highest BCUT2D eigenvalue weighted by molar-refractivity contribution is 5.84. The third kappa shape index (κ3) is 1.67. The van der Waals surface area contributed by atoms with Crippen LogP contribution in [0.4, 0.5) is 0 Å². The first kappa shape index (κ1) is 9.63. The van der Waals surface area contributed by atoms with Crippen molar-refractivity contribution in [3.8, 4) is 0 Å². The maximum Gasteiger partial charge on any atom is 0.358 e. The molecule has 0 aliphatic carbocycles. The lowest BCUT2D eigenvalue weighted by molar-refractivity contribution is -0.134. The first-order chi connectivity index (χ1) is 7.08. The third-order valence-electron chi connectivity index (χ3n) is 2.41. The number of likely N-dealkylation sites (tertiary alicyclic amines) is 1. The van der Waals surface area contributed by atoms with Crippen molar-refractivity contribution in [2.45, 2.75) is 13.0 Å². The molecule has 1 amide bonds. The Balaban J connectivity index is 2.01. The van der Waals surface area contributed by atoms with Crippen LogP contribution in [0, 0.1) is 0 Å². The molecular formula is C8H10N4O3. The SMILES string of the molecule is CC(=O)N1CC(n2cc(C(=O)O)nn2)C1. The summed E-state index contributed by atoms with van der Waals surface area (Å²) in [7, 11) is 0. The van der Waals surface area contributed by atoms with E-state index in [0.29, 0.717) is 13.1 Å². The summed E-state index contributed by atoms with van der Waals surface area (Å²) in [6, 6.07) is 0.0505. The summed E-state index contributed by atoms with van der Waals surface area (Å²) in [6.07, 6.45) is 1.38. The Morgan fingerprint density at radius 2 is 2.20 bits per heavy atom. The fourth-order valence-electron chi connectivity index (χ4n) is 1.43. The fraction of sp³-hybridized carbons (Fsp3) is 0.500. The van der Waals surface area contributed by atoms with Crippen LogP contribution in [0.2, 0.25) is 0 Å². The van der Waals surface area contributed by atoms with E-state index in [0.717, 1.165) is 0 Å². The monoisotopic (exact) mass is 210 g/mol. The number of nitrogens with zero attached hydrogens (tertiary/aromatic N) is 4. The van der Waals surface area contributed by atoms with Gasteiger partial charge in [0.1, 0.15) is 0 Å². The molecule has 0 unspecified atom stereocenters. The molecule has 7 nitrogen and oxygen atoms in total. The first-order valence-corrected chi connectivity index (χ1v) is 4.48. The van der Waals surface area contributed by atoms with Crippen LogP contribution in [-0.4, -0.2) is 50.0 Å². The van der Waals surface area contributed by atoms with Gasteiger partial charge in [0.2, 0.25) is 5.91 Å². The minimum absolute atomic E-state index is 0.0184. The van der Waals surface area contributed by atoms with Gasteiger partial charge >= 0.3 is 5.97 Å². The molecule has 1 saturated heterocycles. The maximum atomic E-state index is 10.9. The van der Waals surface area contributed by atoms with Crippen molar-refractivity contribution in [1.29, 1.82) is 0 Å². The minimum Gasteiger partial charge on any atom is -0.476 e. The van der Waals surface area contributed by atoms with Crippen molar-refractivity contribution >= 4 is 11.9 Å². The molecule has 0 saturated carbocycles. The summed E-state index contributed by atoms with van der Waals surface area (Å²) in [5.74, 6) is -1.08. The highest BCUT2D eigenvalue weighted by Gasteiger charge is 2.31. The van der Waals surface area contributed by atoms with Gasteiger partial charge in [-0.3, -0.25) is 4.79 Å². The largest absolute Gasteiger partial charge is 0.476 e. The molecule has 1 N–H and O–H groups in total. The summed E-state index contributed by atoms with van der Waals surface area (Å²) in [5, 5.41) is 15.8. The number of carboxylic acid groups (broad SMARTS) is 1. The maximum absolute atomic E-state index is 10.9. The summed E-state index contributed by atoms with van der Waals surface area (Å²) in [4.78, 5) is 23.1. The molecule has 0 atom stereocenters. The van der Waals surface area contributed by atoms with Gasteiger partial charge in [-0.15, -0.1) is 5.10 Å². The van der Waals surface area contributed by atoms with E-state index in [2.05, 4.69) is 10.3 Å². The van der Waals surface area contributed by atoms with E-state index in [4.69, 9.17) is 5.11 Å². The number of amides is 1. The predicted octanol–water partition coefficient (Wildman–Crippen LogP) is -0.621. The van der Waals surface area contributed by atoms with Crippen molar-refractivity contribution in [2.75, 3.05) is 13.1 Å². The number of carbonyl (C=O) groups is 2. The normalized spacial score (nSPS) is 16.2. The Kier molecular flexibility index (Phi) is 2.14. The van der Waals surface area contributed by atoms with Gasteiger partial charge in [-0.1, -0.05) is 5.21 Å². The zero-order chi connectivity index (χ0) is 11.0. The average Bonchev–Trinajstić information content (AvgIpc) is 2.49. The average molecular weight is 210 g/mol. The van der Waals surface area contributed by atoms with Crippen molar-refractivity contribution in [3.63, 3.8) is 0 Å². The van der Waals surface area contributed by atoms with Crippen molar-refractivity contribution in [1.82, 2.24) is 19.9 Å². The second kappa shape index (κ2) is 3.34. The molecule has 0 spiro atoms. The van der Waals surface area contributed by atoms with Gasteiger partial charge in [-0.2, -0.15) is 0 Å². The lowest BCUT2D eigenvalue weighted by Gasteiger charge is -2.38. The van der Waals surface area contributed by atoms with Gasteiger partial charge in [0.15, 0.2) is 5.69 Å². The quantitative estimate of drug-likeness (QED) is 0.702. The smallest absolute Gasteiger partial charge is 0.358 e. The van der Waals surface area contributed by atoms with Crippen LogP contribution >= 0.6 is 0 Å². The Bertz CT molecular complexity index is 408. The minimum atomic E-state index is -1.09. The van der Waals surface area contributed by atoms with Gasteiger partial charge in [-0.25, -0.2) is 9.48 Å². The van der Waals surface area contributed by atoms with Crippen LogP contribution in [0.25, 0.3) is 0 Å². The van der Waals surface area contributed by atoms with Crippen LogP contribution in [-0.2, 0) is 4.79 Å². The zero-order valence-electron chi connectivity index (χ0n) is 8.12. The van der Waals surface area contributed by atoms with E-state index in [9.17, 15) is 9.59 Å². The van der Waals surface area contributed by atoms with E-state index in [1.54, 1.807) is 4.90 Å². The van der Waals surface area contributed by atoms with E-state index in [-0.39, 0.29) is 17.6 Å². The van der Waals surface area contributed by atoms with E-state index >= 15 is 0 Å². The topological polar surface area (TPSA) is 88.3 Å². The van der Waals surface area contributed by atoms with Crippen LogP contribution in [0.5, 0.6) is 0 Å². The van der Waals surface area contributed by atoms with E-state index in [1.165, 1.54) is 17.8 Å². The molecule has 1 aliphatic heterocycles. The Labute approximate surface area is 85.3 Å². The molecule has 2 heterocycles. The lowest BCUT2D eigenvalue weighted by atomic mass is 10.1. The number of carbonyl (C=O) groups excluding carboxylic acids is 1. The zero-order valence-corrected chi connectivity index (χ0v) is 8.12. The molecule has 0 aromatic carbocycles. The van der Waals surface area contributed by atoms with E-state index in [1.807, 2.05) is 0 Å². The molecule has 0 bridgehead atoms. The highest BCUT2D eigenvalue weighted by Crippen LogP contribution is 2.19. The molecule has 15 heavy (non-hydrogen) atoms. The number of aromatic carboxylic acids is 1. The molecule has 2 rings (SSSR count). The first-order valence-electron chi connectivity index (χ1n) is 4.48. The molecule has 1 aliphatic rings. The van der Waals surface area contributed by atoms with Crippen LogP contribution in [0.1, 0.15) is 23.5 Å². The summed E-state index contributed by atoms with van der Waals surface area (Å²) in [5.41, 5.74) is -0.0729. The summed E-state index contributed by atoms with van der Waals surface area (Å²) >= 11 is 0. The van der Waals surface area contributed by atoms with Gasteiger partial charge < -0.3 is 10.0 Å². The number of hydrogen-bond donors (Lipinski definition) is 1. The Morgan fingerprint density at radius 3 is 2.67 bits per heavy atom. The standard InChI is InChI=1S/C8H10N4O3/c1-5(13)11-2-6(3-11)12-4-7(8(14)15)9-10-12/h4,6H,2-3H2,1H3,(H,14,15). The van der Waals surface area contributed by atoms with Crippen LogP contribution < -0.4 is 0 Å². The van der Waals surface area contributed by atoms with Crippen LogP contribution in [0.3, 0.4) is 0 Å². The Morgan fingerprint density at radius 1 is 1.53 bits per heavy atom. The molecule has 1 fully saturated rings. The number of rotatable bonds is 2. The van der Waals surface area contributed by atoms with Gasteiger partial charge in [0.05, 0.1) is 12.2 Å². The number of aromatic nitrogens is 3. The van der Waals surface area contributed by atoms with Gasteiger partial charge in [-0.05, 0) is 0 Å². The third-order valence-corrected chi connectivity index (χ3v) is 2.41. The highest BCUT2D eigenvalue weighted by atomic mass is 16.4. The van der Waals surface area contributed by atoms with Crippen molar-refractivity contribution in [3.05, 3.63) is 11.9 Å². The molecule has 0 radical (unpaired) electrons. The molecule has 7 heteroatoms. The molecular weight excluding hydrogens is 200 g/mol. The Hall–Kier alpha value is -1.92. The lowest BCUT2D eigenvalue weighted by Crippen LogP contribution is -2.50. The second-order valence-corrected chi connectivity index (χ2v) is 3.47. The molecule has 1 aromatic rings. The van der Waals surface area contributed by atoms with Gasteiger partial charge in [0.25, 0.3) is 0 Å². The fourth-order valence-corrected chi connectivity index (χ4v) is 1.43. The second-order valence-electron chi connectivity index (χ2n) is 3.47. The summed E-state index contributed by atoms with van der Waals surface area (Å²) in [6.45, 7) is 2.63. The van der Waals surface area contributed by atoms with Gasteiger partial charge in [0, 0.05) is 20.0 Å². The molecule has 1 aromatic heterocycles. The molecule has 80 valence electrons. The van der Waals surface area contributed by atoms with Crippen LogP contribution in [0.15, 0.2) is 6.20 Å². The van der Waals surface area contributed by atoms with E-state index < -0.39 is 5.97 Å². The number of carboxylic acids is 1. The number of hydrogen-bond acceptors (Lipinski definition) is 4. The van der Waals surface area contributed by atoms with Crippen molar-refractivity contribution in [2.24, 2.45) is 0 Å². The van der Waals surface area contributed by atoms with Crippen molar-refractivity contribution < 1.29 is 14.7 Å².